The number of hydrogen-bond donors (Lipinski definition) is 0. The van der Waals surface area contributed by atoms with Crippen molar-refractivity contribution < 1.29 is 14.0 Å². The molecule has 0 N–H and O–H groups in total. The zero-order valence-corrected chi connectivity index (χ0v) is 17.8. The van der Waals surface area contributed by atoms with Crippen molar-refractivity contribution >= 4 is 11.6 Å². The van der Waals surface area contributed by atoms with Crippen LogP contribution in [0.5, 0.6) is 0 Å². The van der Waals surface area contributed by atoms with Crippen LogP contribution >= 0.6 is 0 Å². The summed E-state index contributed by atoms with van der Waals surface area (Å²) in [6.45, 7) is 5.40. The first-order valence-electron chi connectivity index (χ1n) is 10.8. The molecule has 1 aromatic carbocycles. The van der Waals surface area contributed by atoms with Crippen LogP contribution in [0.25, 0.3) is 0 Å². The number of likely N-dealkylation sites (tertiary alicyclic amines) is 1. The van der Waals surface area contributed by atoms with Gasteiger partial charge in [-0.3, -0.25) is 14.5 Å². The summed E-state index contributed by atoms with van der Waals surface area (Å²) < 4.78 is 13.1. The van der Waals surface area contributed by atoms with Gasteiger partial charge in [0.15, 0.2) is 11.6 Å². The van der Waals surface area contributed by atoms with Gasteiger partial charge in [0.1, 0.15) is 11.9 Å². The number of Topliss-reactive ketones (excluding diaryl/α,β-unsaturated/α-hetero) is 2. The van der Waals surface area contributed by atoms with E-state index in [1.807, 2.05) is 26.1 Å². The molecule has 160 valence electrons. The van der Waals surface area contributed by atoms with Crippen LogP contribution in [0.4, 0.5) is 4.39 Å². The van der Waals surface area contributed by atoms with E-state index in [9.17, 15) is 14.0 Å². The lowest BCUT2D eigenvalue weighted by Crippen LogP contribution is -2.59. The Kier molecular flexibility index (Phi) is 6.16. The molecule has 0 radical (unpaired) electrons. The third kappa shape index (κ3) is 4.40. The quantitative estimate of drug-likeness (QED) is 0.697. The van der Waals surface area contributed by atoms with Gasteiger partial charge in [0, 0.05) is 24.2 Å². The molecule has 0 aliphatic carbocycles. The molecule has 4 rings (SSSR count). The topological polar surface area (TPSA) is 43.9 Å². The van der Waals surface area contributed by atoms with E-state index < -0.39 is 0 Å². The van der Waals surface area contributed by atoms with Gasteiger partial charge in [-0.25, -0.2) is 4.39 Å². The normalized spacial score (nSPS) is 25.9. The number of allylic oxidation sites excluding steroid dienone is 2. The molecule has 0 amide bonds. The van der Waals surface area contributed by atoms with E-state index >= 15 is 0 Å². The Bertz CT molecular complexity index is 856. The highest BCUT2D eigenvalue weighted by Gasteiger charge is 2.38. The monoisotopic (exact) mass is 411 g/mol. The maximum absolute atomic E-state index is 13.1. The highest BCUT2D eigenvalue weighted by atomic mass is 19.1. The molecule has 6 heteroatoms. The lowest BCUT2D eigenvalue weighted by atomic mass is 9.88. The van der Waals surface area contributed by atoms with Gasteiger partial charge in [0.25, 0.3) is 0 Å². The Hall–Kier alpha value is -2.31. The largest absolute Gasteiger partial charge is 0.351 e. The summed E-state index contributed by atoms with van der Waals surface area (Å²) in [5, 5.41) is 0. The fraction of sp³-hybridized carbons (Fsp3) is 0.500. The first kappa shape index (κ1) is 20.9. The molecule has 3 aliphatic rings. The molecule has 30 heavy (non-hydrogen) atoms. The highest BCUT2D eigenvalue weighted by Crippen LogP contribution is 2.25. The van der Waals surface area contributed by atoms with Gasteiger partial charge in [0.05, 0.1) is 12.7 Å². The molecular formula is C24H30FN3O2. The zero-order chi connectivity index (χ0) is 21.3. The first-order chi connectivity index (χ1) is 14.4. The third-order valence-corrected chi connectivity index (χ3v) is 6.61. The molecule has 2 fully saturated rings. The van der Waals surface area contributed by atoms with Gasteiger partial charge in [0.2, 0.25) is 0 Å². The highest BCUT2D eigenvalue weighted by molar-refractivity contribution is 5.97. The van der Waals surface area contributed by atoms with Crippen LogP contribution in [-0.4, -0.2) is 71.7 Å². The Morgan fingerprint density at radius 1 is 1.17 bits per heavy atom. The van der Waals surface area contributed by atoms with Crippen LogP contribution in [-0.2, 0) is 4.79 Å². The number of nitrogens with zero attached hydrogens (tertiary/aromatic N) is 3. The van der Waals surface area contributed by atoms with E-state index in [-0.39, 0.29) is 35.4 Å². The lowest BCUT2D eigenvalue weighted by Gasteiger charge is -2.44. The van der Waals surface area contributed by atoms with Gasteiger partial charge in [-0.2, -0.15) is 0 Å². The molecule has 2 atom stereocenters. The maximum atomic E-state index is 13.1. The van der Waals surface area contributed by atoms with Crippen molar-refractivity contribution in [2.45, 2.75) is 38.3 Å². The van der Waals surface area contributed by atoms with Crippen molar-refractivity contribution in [3.8, 4) is 0 Å². The van der Waals surface area contributed by atoms with E-state index in [0.717, 1.165) is 45.6 Å². The van der Waals surface area contributed by atoms with Crippen molar-refractivity contribution in [1.82, 2.24) is 14.7 Å². The number of carbonyl (C=O) groups excluding carboxylic acids is 2. The summed E-state index contributed by atoms with van der Waals surface area (Å²) in [7, 11) is 2.02. The number of likely N-dealkylation sites (N-methyl/N-ethyl adjacent to an activating group) is 1. The van der Waals surface area contributed by atoms with Gasteiger partial charge in [-0.05, 0) is 76.2 Å². The Labute approximate surface area is 177 Å². The third-order valence-electron chi connectivity index (χ3n) is 6.61. The summed E-state index contributed by atoms with van der Waals surface area (Å²) in [5.74, 6) is 0.0674. The van der Waals surface area contributed by atoms with Gasteiger partial charge in [-0.15, -0.1) is 0 Å². The van der Waals surface area contributed by atoms with Crippen LogP contribution in [0.15, 0.2) is 48.2 Å². The fourth-order valence-electron chi connectivity index (χ4n) is 4.83. The van der Waals surface area contributed by atoms with Crippen LogP contribution in [0, 0.1) is 11.7 Å². The Morgan fingerprint density at radius 3 is 2.57 bits per heavy atom. The Morgan fingerprint density at radius 2 is 1.87 bits per heavy atom. The molecule has 1 aromatic rings. The molecule has 0 saturated carbocycles. The summed E-state index contributed by atoms with van der Waals surface area (Å²) in [6.07, 6.45) is 8.56. The summed E-state index contributed by atoms with van der Waals surface area (Å²) in [5.41, 5.74) is 1.77. The van der Waals surface area contributed by atoms with Gasteiger partial charge >= 0.3 is 0 Å². The van der Waals surface area contributed by atoms with Crippen molar-refractivity contribution in [3.63, 3.8) is 0 Å². The molecular weight excluding hydrogens is 381 g/mol. The van der Waals surface area contributed by atoms with Gasteiger partial charge in [-0.1, -0.05) is 12.2 Å². The standard InChI is InChI=1S/C24H30FN3O2/c1-17-3-8-22-24(30)21(26(2)16-28(22)15-17)11-14-27-12-9-19(10-13-27)23(29)18-4-6-20(25)7-5-18/h3-8,15,19,21-22H,9-14,16H2,1-2H3. The van der Waals surface area contributed by atoms with Crippen molar-refractivity contribution in [2.24, 2.45) is 5.92 Å². The summed E-state index contributed by atoms with van der Waals surface area (Å²) in [4.78, 5) is 32.3. The number of carbonyl (C=O) groups is 2. The van der Waals surface area contributed by atoms with Gasteiger partial charge < -0.3 is 9.80 Å². The van der Waals surface area contributed by atoms with Crippen LogP contribution < -0.4 is 0 Å². The molecule has 5 nitrogen and oxygen atoms in total. The number of piperidine rings is 1. The van der Waals surface area contributed by atoms with Crippen LogP contribution in [0.1, 0.15) is 36.5 Å². The summed E-state index contributed by atoms with van der Waals surface area (Å²) >= 11 is 0. The number of halogens is 1. The van der Waals surface area contributed by atoms with E-state index in [2.05, 4.69) is 20.9 Å². The summed E-state index contributed by atoms with van der Waals surface area (Å²) in [6, 6.07) is 5.64. The number of ketones is 2. The second-order valence-corrected chi connectivity index (χ2v) is 8.78. The van der Waals surface area contributed by atoms with E-state index in [1.165, 1.54) is 17.7 Å². The predicted octanol–water partition coefficient (Wildman–Crippen LogP) is 3.10. The molecule has 2 saturated heterocycles. The first-order valence-corrected chi connectivity index (χ1v) is 10.8. The molecule has 0 bridgehead atoms. The smallest absolute Gasteiger partial charge is 0.176 e. The van der Waals surface area contributed by atoms with Crippen molar-refractivity contribution in [2.75, 3.05) is 33.4 Å². The lowest BCUT2D eigenvalue weighted by molar-refractivity contribution is -0.133. The average Bonchev–Trinajstić information content (AvgIpc) is 2.74. The minimum absolute atomic E-state index is 0.00154. The van der Waals surface area contributed by atoms with E-state index in [0.29, 0.717) is 5.56 Å². The molecule has 3 heterocycles. The van der Waals surface area contributed by atoms with Crippen LogP contribution in [0.2, 0.25) is 0 Å². The molecule has 0 spiro atoms. The van der Waals surface area contributed by atoms with E-state index in [4.69, 9.17) is 0 Å². The zero-order valence-electron chi connectivity index (χ0n) is 17.8. The van der Waals surface area contributed by atoms with E-state index in [1.54, 1.807) is 12.1 Å². The Balaban J connectivity index is 1.27. The number of rotatable bonds is 5. The second kappa shape index (κ2) is 8.82. The number of fused-ring (bicyclic) bond motifs is 1. The molecule has 3 aliphatic heterocycles. The van der Waals surface area contributed by atoms with Crippen LogP contribution in [0.3, 0.4) is 0 Å². The average molecular weight is 412 g/mol. The minimum atomic E-state index is -0.318. The second-order valence-electron chi connectivity index (χ2n) is 8.78. The van der Waals surface area contributed by atoms with Crippen molar-refractivity contribution in [1.29, 1.82) is 0 Å². The SMILES string of the molecule is CC1=CN2CN(C)C(CCN3CCC(C(=O)c4ccc(F)cc4)CC3)C(=O)C2C=C1. The predicted molar refractivity (Wildman–Crippen MR) is 114 cm³/mol. The number of benzene rings is 1. The number of hydrogen-bond acceptors (Lipinski definition) is 5. The minimum Gasteiger partial charge on any atom is -0.351 e. The molecule has 0 aromatic heterocycles. The van der Waals surface area contributed by atoms with Crippen molar-refractivity contribution in [3.05, 3.63) is 59.6 Å². The fourth-order valence-corrected chi connectivity index (χ4v) is 4.83. The molecule has 2 unspecified atom stereocenters. The maximum Gasteiger partial charge on any atom is 0.176 e.